The van der Waals surface area contributed by atoms with Crippen LogP contribution in [0.4, 0.5) is 4.39 Å². The first-order chi connectivity index (χ1) is 11.9. The molecule has 0 aliphatic carbocycles. The Hall–Kier alpha value is -2.74. The lowest BCUT2D eigenvalue weighted by Gasteiger charge is -2.32. The van der Waals surface area contributed by atoms with Gasteiger partial charge in [0.1, 0.15) is 11.6 Å². The maximum Gasteiger partial charge on any atom is 0.315 e. The van der Waals surface area contributed by atoms with Crippen LogP contribution >= 0.6 is 0 Å². The van der Waals surface area contributed by atoms with E-state index < -0.39 is 17.2 Å². The van der Waals surface area contributed by atoms with E-state index >= 15 is 0 Å². The largest absolute Gasteiger partial charge is 0.501 e. The van der Waals surface area contributed by atoms with Gasteiger partial charge in [0.2, 0.25) is 5.75 Å². The Labute approximate surface area is 143 Å². The number of carbonyl (C=O) groups is 1. The van der Waals surface area contributed by atoms with E-state index in [0.29, 0.717) is 18.9 Å². The third-order valence-corrected chi connectivity index (χ3v) is 4.38. The van der Waals surface area contributed by atoms with Crippen LogP contribution in [0.15, 0.2) is 29.1 Å². The highest BCUT2D eigenvalue weighted by Gasteiger charge is 2.31. The Morgan fingerprint density at radius 2 is 1.96 bits per heavy atom. The Balaban J connectivity index is 1.98. The maximum absolute atomic E-state index is 13.0. The van der Waals surface area contributed by atoms with Crippen LogP contribution in [-0.4, -0.2) is 39.1 Å². The molecule has 0 spiro atoms. The molecule has 0 radical (unpaired) electrons. The van der Waals surface area contributed by atoms with Gasteiger partial charge in [-0.15, -0.1) is 0 Å². The number of carbonyl (C=O) groups excluding carboxylic acids is 1. The van der Waals surface area contributed by atoms with Gasteiger partial charge in [-0.25, -0.2) is 4.39 Å². The molecular formula is C17H19FN4O3. The van der Waals surface area contributed by atoms with Gasteiger partial charge in [0.15, 0.2) is 5.69 Å². The van der Waals surface area contributed by atoms with E-state index in [1.807, 2.05) is 6.92 Å². The van der Waals surface area contributed by atoms with E-state index in [4.69, 9.17) is 0 Å². The van der Waals surface area contributed by atoms with Gasteiger partial charge in [-0.2, -0.15) is 4.98 Å². The van der Waals surface area contributed by atoms with Crippen molar-refractivity contribution in [3.8, 4) is 5.75 Å². The summed E-state index contributed by atoms with van der Waals surface area (Å²) in [6.07, 6.45) is 0. The zero-order valence-corrected chi connectivity index (χ0v) is 14.0. The SMILES string of the molecule is CNC(C)c1nc(=O)c(O)c2n1CCN(Cc1ccc(F)cc1)C2=O. The smallest absolute Gasteiger partial charge is 0.315 e. The topological polar surface area (TPSA) is 87.5 Å². The summed E-state index contributed by atoms with van der Waals surface area (Å²) in [6, 6.07) is 5.62. The number of nitrogens with zero attached hydrogens (tertiary/aromatic N) is 3. The number of halogens is 1. The van der Waals surface area contributed by atoms with Gasteiger partial charge < -0.3 is 19.9 Å². The first kappa shape index (κ1) is 17.1. The van der Waals surface area contributed by atoms with Gasteiger partial charge in [0.05, 0.1) is 6.04 Å². The zero-order valence-electron chi connectivity index (χ0n) is 14.0. The van der Waals surface area contributed by atoms with Crippen molar-refractivity contribution in [1.82, 2.24) is 19.8 Å². The monoisotopic (exact) mass is 346 g/mol. The van der Waals surface area contributed by atoms with Crippen LogP contribution < -0.4 is 10.9 Å². The average molecular weight is 346 g/mol. The average Bonchev–Trinajstić information content (AvgIpc) is 2.61. The molecule has 1 aliphatic heterocycles. The summed E-state index contributed by atoms with van der Waals surface area (Å²) >= 11 is 0. The van der Waals surface area contributed by atoms with Crippen molar-refractivity contribution in [3.63, 3.8) is 0 Å². The first-order valence-corrected chi connectivity index (χ1v) is 7.97. The van der Waals surface area contributed by atoms with Crippen molar-refractivity contribution in [3.05, 3.63) is 57.5 Å². The summed E-state index contributed by atoms with van der Waals surface area (Å²) in [5, 5.41) is 13.1. The third kappa shape index (κ3) is 3.12. The summed E-state index contributed by atoms with van der Waals surface area (Å²) in [6.45, 7) is 2.90. The number of amides is 1. The number of fused-ring (bicyclic) bond motifs is 1. The summed E-state index contributed by atoms with van der Waals surface area (Å²) in [5.41, 5.74) is -0.103. The van der Waals surface area contributed by atoms with Crippen molar-refractivity contribution in [2.24, 2.45) is 0 Å². The maximum atomic E-state index is 13.0. The molecule has 2 aromatic rings. The van der Waals surface area contributed by atoms with Crippen molar-refractivity contribution in [2.45, 2.75) is 26.1 Å². The Bertz CT molecular complexity index is 863. The van der Waals surface area contributed by atoms with Gasteiger partial charge in [-0.05, 0) is 31.7 Å². The molecule has 1 amide bonds. The second-order valence-electron chi connectivity index (χ2n) is 5.99. The van der Waals surface area contributed by atoms with E-state index in [0.717, 1.165) is 5.56 Å². The molecule has 7 nitrogen and oxygen atoms in total. The van der Waals surface area contributed by atoms with Crippen LogP contribution in [-0.2, 0) is 13.1 Å². The lowest BCUT2D eigenvalue weighted by Crippen LogP contribution is -2.43. The Morgan fingerprint density at radius 3 is 2.60 bits per heavy atom. The summed E-state index contributed by atoms with van der Waals surface area (Å²) in [7, 11) is 1.72. The van der Waals surface area contributed by atoms with Gasteiger partial charge >= 0.3 is 5.56 Å². The van der Waals surface area contributed by atoms with Crippen LogP contribution in [0.25, 0.3) is 0 Å². The fourth-order valence-electron chi connectivity index (χ4n) is 2.90. The molecule has 1 unspecified atom stereocenters. The zero-order chi connectivity index (χ0) is 18.1. The Kier molecular flexibility index (Phi) is 4.54. The highest BCUT2D eigenvalue weighted by atomic mass is 19.1. The van der Waals surface area contributed by atoms with E-state index in [1.165, 1.54) is 17.0 Å². The number of benzene rings is 1. The van der Waals surface area contributed by atoms with Crippen molar-refractivity contribution in [1.29, 1.82) is 0 Å². The van der Waals surface area contributed by atoms with Crippen molar-refractivity contribution in [2.75, 3.05) is 13.6 Å². The molecule has 0 fully saturated rings. The summed E-state index contributed by atoms with van der Waals surface area (Å²) in [4.78, 5) is 30.2. The lowest BCUT2D eigenvalue weighted by molar-refractivity contribution is 0.0678. The number of hydrogen-bond acceptors (Lipinski definition) is 5. The normalized spacial score (nSPS) is 15.2. The number of rotatable bonds is 4. The molecule has 1 aromatic carbocycles. The third-order valence-electron chi connectivity index (χ3n) is 4.38. The van der Waals surface area contributed by atoms with E-state index in [2.05, 4.69) is 10.3 Å². The van der Waals surface area contributed by atoms with E-state index in [1.54, 1.807) is 23.7 Å². The number of hydrogen-bond donors (Lipinski definition) is 2. The molecule has 1 aliphatic rings. The molecule has 1 atom stereocenters. The fourth-order valence-corrected chi connectivity index (χ4v) is 2.90. The standard InChI is InChI=1S/C17H19FN4O3/c1-10(19-2)15-20-16(24)14(23)13-17(25)21(7-8-22(13)15)9-11-3-5-12(18)6-4-11/h3-6,10,19,23H,7-9H2,1-2H3. The second kappa shape index (κ2) is 6.64. The highest BCUT2D eigenvalue weighted by Crippen LogP contribution is 2.23. The number of aromatic hydroxyl groups is 1. The minimum absolute atomic E-state index is 0.0505. The second-order valence-corrected chi connectivity index (χ2v) is 5.99. The van der Waals surface area contributed by atoms with Gasteiger partial charge in [-0.3, -0.25) is 9.59 Å². The highest BCUT2D eigenvalue weighted by molar-refractivity contribution is 5.95. The molecule has 3 rings (SSSR count). The van der Waals surface area contributed by atoms with Crippen LogP contribution in [0.5, 0.6) is 5.75 Å². The molecule has 0 saturated carbocycles. The first-order valence-electron chi connectivity index (χ1n) is 7.97. The van der Waals surface area contributed by atoms with Crippen molar-refractivity contribution >= 4 is 5.91 Å². The lowest BCUT2D eigenvalue weighted by atomic mass is 10.1. The minimum Gasteiger partial charge on any atom is -0.501 e. The molecule has 8 heteroatoms. The van der Waals surface area contributed by atoms with Gasteiger partial charge in [0.25, 0.3) is 5.91 Å². The predicted molar refractivity (Wildman–Crippen MR) is 88.8 cm³/mol. The fraction of sp³-hybridized carbons (Fsp3) is 0.353. The van der Waals surface area contributed by atoms with Crippen molar-refractivity contribution < 1.29 is 14.3 Å². The molecule has 25 heavy (non-hydrogen) atoms. The van der Waals surface area contributed by atoms with Gasteiger partial charge in [0, 0.05) is 19.6 Å². The molecule has 0 bridgehead atoms. The van der Waals surface area contributed by atoms with Crippen LogP contribution in [0, 0.1) is 5.82 Å². The quantitative estimate of drug-likeness (QED) is 0.863. The van der Waals surface area contributed by atoms with E-state index in [9.17, 15) is 19.1 Å². The van der Waals surface area contributed by atoms with Crippen LogP contribution in [0.1, 0.15) is 34.8 Å². The molecule has 132 valence electrons. The Morgan fingerprint density at radius 1 is 1.28 bits per heavy atom. The molecule has 0 saturated heterocycles. The summed E-state index contributed by atoms with van der Waals surface area (Å²) < 4.78 is 14.6. The molecular weight excluding hydrogens is 327 g/mol. The molecule has 2 N–H and O–H groups in total. The molecule has 2 heterocycles. The number of aromatic nitrogens is 2. The summed E-state index contributed by atoms with van der Waals surface area (Å²) in [5.74, 6) is -1.02. The van der Waals surface area contributed by atoms with Gasteiger partial charge in [-0.1, -0.05) is 12.1 Å². The number of nitrogens with one attached hydrogen (secondary N) is 1. The van der Waals surface area contributed by atoms with Crippen LogP contribution in [0.3, 0.4) is 0 Å². The predicted octanol–water partition coefficient (Wildman–Crippen LogP) is 1.02. The minimum atomic E-state index is -0.819. The molecule has 1 aromatic heterocycles. The van der Waals surface area contributed by atoms with E-state index in [-0.39, 0.29) is 24.1 Å². The van der Waals surface area contributed by atoms with Crippen LogP contribution in [0.2, 0.25) is 0 Å².